The Kier molecular flexibility index (Phi) is 4.17. The van der Waals surface area contributed by atoms with Crippen molar-refractivity contribution in [2.45, 2.75) is 25.9 Å². The molecule has 5 heteroatoms. The summed E-state index contributed by atoms with van der Waals surface area (Å²) in [6, 6.07) is 5.87. The van der Waals surface area contributed by atoms with Crippen molar-refractivity contribution in [2.75, 3.05) is 6.61 Å². The number of esters is 1. The van der Waals surface area contributed by atoms with Crippen LogP contribution >= 0.6 is 0 Å². The molecule has 0 saturated carbocycles. The highest BCUT2D eigenvalue weighted by Gasteiger charge is 2.48. The quantitative estimate of drug-likeness (QED) is 0.826. The number of benzene rings is 1. The zero-order chi connectivity index (χ0) is 13.1. The van der Waals surface area contributed by atoms with Crippen LogP contribution in [0.15, 0.2) is 24.3 Å². The Labute approximate surface area is 98.0 Å². The fourth-order valence-electron chi connectivity index (χ4n) is 1.30. The third-order valence-corrected chi connectivity index (χ3v) is 2.28. The van der Waals surface area contributed by atoms with E-state index in [2.05, 4.69) is 4.74 Å². The molecular formula is C12H14F2O3. The molecule has 3 nitrogen and oxygen atoms in total. The summed E-state index contributed by atoms with van der Waals surface area (Å²) in [6.07, 6.45) is -2.19. The van der Waals surface area contributed by atoms with E-state index in [1.807, 2.05) is 0 Å². The van der Waals surface area contributed by atoms with Gasteiger partial charge < -0.3 is 9.84 Å². The second-order valence-electron chi connectivity index (χ2n) is 3.66. The highest BCUT2D eigenvalue weighted by Crippen LogP contribution is 2.32. The van der Waals surface area contributed by atoms with Gasteiger partial charge in [0.1, 0.15) is 0 Å². The summed E-state index contributed by atoms with van der Waals surface area (Å²) >= 11 is 0. The van der Waals surface area contributed by atoms with Crippen molar-refractivity contribution >= 4 is 5.97 Å². The molecule has 0 amide bonds. The molecule has 1 N–H and O–H groups in total. The molecule has 1 aromatic carbocycles. The monoisotopic (exact) mass is 244 g/mol. The van der Waals surface area contributed by atoms with Gasteiger partial charge in [0.05, 0.1) is 6.61 Å². The standard InChI is InChI=1S/C12H14F2O3/c1-3-17-11(16)12(13,14)10(15)9-6-4-8(2)5-7-9/h4-7,10,15H,3H2,1-2H3/t10-/m1/s1. The molecule has 0 aromatic heterocycles. The molecular weight excluding hydrogens is 230 g/mol. The smallest absolute Gasteiger partial charge is 0.380 e. The predicted octanol–water partition coefficient (Wildman–Crippen LogP) is 2.23. The van der Waals surface area contributed by atoms with Crippen molar-refractivity contribution in [3.05, 3.63) is 35.4 Å². The Hall–Kier alpha value is -1.49. The summed E-state index contributed by atoms with van der Waals surface area (Å²) in [4.78, 5) is 11.0. The molecule has 0 bridgehead atoms. The maximum Gasteiger partial charge on any atom is 0.380 e. The minimum Gasteiger partial charge on any atom is -0.461 e. The van der Waals surface area contributed by atoms with Gasteiger partial charge in [-0.15, -0.1) is 0 Å². The Morgan fingerprint density at radius 2 is 1.94 bits per heavy atom. The number of hydrogen-bond acceptors (Lipinski definition) is 3. The number of hydrogen-bond donors (Lipinski definition) is 1. The molecule has 0 aliphatic heterocycles. The van der Waals surface area contributed by atoms with Crippen LogP contribution in [0.1, 0.15) is 24.2 Å². The summed E-state index contributed by atoms with van der Waals surface area (Å²) in [7, 11) is 0. The lowest BCUT2D eigenvalue weighted by Gasteiger charge is -2.20. The second-order valence-corrected chi connectivity index (χ2v) is 3.66. The predicted molar refractivity (Wildman–Crippen MR) is 57.7 cm³/mol. The molecule has 1 atom stereocenters. The molecule has 1 rings (SSSR count). The summed E-state index contributed by atoms with van der Waals surface area (Å²) in [5.74, 6) is -5.65. The number of rotatable bonds is 4. The van der Waals surface area contributed by atoms with Gasteiger partial charge in [0.15, 0.2) is 6.10 Å². The minimum absolute atomic E-state index is 0.0198. The Morgan fingerprint density at radius 3 is 2.41 bits per heavy atom. The molecule has 0 saturated heterocycles. The van der Waals surface area contributed by atoms with Gasteiger partial charge in [-0.3, -0.25) is 0 Å². The number of aliphatic hydroxyl groups excluding tert-OH is 1. The third-order valence-electron chi connectivity index (χ3n) is 2.28. The zero-order valence-electron chi connectivity index (χ0n) is 9.61. The van der Waals surface area contributed by atoms with Gasteiger partial charge in [-0.25, -0.2) is 4.79 Å². The zero-order valence-corrected chi connectivity index (χ0v) is 9.61. The van der Waals surface area contributed by atoms with Crippen LogP contribution in [-0.2, 0) is 9.53 Å². The van der Waals surface area contributed by atoms with Crippen LogP contribution in [0.5, 0.6) is 0 Å². The minimum atomic E-state index is -3.94. The average molecular weight is 244 g/mol. The van der Waals surface area contributed by atoms with Gasteiger partial charge in [0.2, 0.25) is 0 Å². The molecule has 1 aromatic rings. The third kappa shape index (κ3) is 3.00. The first kappa shape index (κ1) is 13.6. The maximum absolute atomic E-state index is 13.5. The van der Waals surface area contributed by atoms with Crippen molar-refractivity contribution in [2.24, 2.45) is 0 Å². The number of carbonyl (C=O) groups is 1. The first-order chi connectivity index (χ1) is 7.89. The molecule has 94 valence electrons. The Bertz CT molecular complexity index is 387. The Balaban J connectivity index is 2.91. The van der Waals surface area contributed by atoms with Gasteiger partial charge in [-0.2, -0.15) is 8.78 Å². The van der Waals surface area contributed by atoms with Gasteiger partial charge >= 0.3 is 11.9 Å². The van der Waals surface area contributed by atoms with Crippen LogP contribution in [0.2, 0.25) is 0 Å². The highest BCUT2D eigenvalue weighted by molar-refractivity contribution is 5.78. The molecule has 0 heterocycles. The van der Waals surface area contributed by atoms with Crippen LogP contribution in [-0.4, -0.2) is 23.6 Å². The maximum atomic E-state index is 13.5. The first-order valence-corrected chi connectivity index (χ1v) is 5.19. The second kappa shape index (κ2) is 5.23. The summed E-state index contributed by atoms with van der Waals surface area (Å²) in [5, 5.41) is 9.49. The summed E-state index contributed by atoms with van der Waals surface area (Å²) in [6.45, 7) is 3.06. The number of halogens is 2. The van der Waals surface area contributed by atoms with E-state index in [-0.39, 0.29) is 12.2 Å². The van der Waals surface area contributed by atoms with Gasteiger partial charge in [0.25, 0.3) is 0 Å². The van der Waals surface area contributed by atoms with Crippen LogP contribution in [0.4, 0.5) is 8.78 Å². The van der Waals surface area contributed by atoms with Gasteiger partial charge in [0, 0.05) is 0 Å². The molecule has 0 unspecified atom stereocenters. The van der Waals surface area contributed by atoms with E-state index < -0.39 is 18.0 Å². The average Bonchev–Trinajstić information content (AvgIpc) is 2.29. The lowest BCUT2D eigenvalue weighted by Crippen LogP contribution is -2.37. The molecule has 0 aliphatic carbocycles. The van der Waals surface area contributed by atoms with E-state index in [0.29, 0.717) is 0 Å². The van der Waals surface area contributed by atoms with Crippen molar-refractivity contribution in [3.63, 3.8) is 0 Å². The van der Waals surface area contributed by atoms with Crippen LogP contribution < -0.4 is 0 Å². The molecule has 0 fully saturated rings. The van der Waals surface area contributed by atoms with Crippen LogP contribution in [0.25, 0.3) is 0 Å². The summed E-state index contributed by atoms with van der Waals surface area (Å²) < 4.78 is 31.1. The van der Waals surface area contributed by atoms with E-state index in [1.165, 1.54) is 19.1 Å². The molecule has 0 spiro atoms. The van der Waals surface area contributed by atoms with Crippen molar-refractivity contribution < 1.29 is 23.4 Å². The van der Waals surface area contributed by atoms with Crippen molar-refractivity contribution in [1.29, 1.82) is 0 Å². The molecule has 17 heavy (non-hydrogen) atoms. The van der Waals surface area contributed by atoms with Crippen LogP contribution in [0.3, 0.4) is 0 Å². The van der Waals surface area contributed by atoms with Crippen LogP contribution in [0, 0.1) is 6.92 Å². The fraction of sp³-hybridized carbons (Fsp3) is 0.417. The number of aliphatic hydroxyl groups is 1. The van der Waals surface area contributed by atoms with E-state index in [1.54, 1.807) is 19.1 Å². The Morgan fingerprint density at radius 1 is 1.41 bits per heavy atom. The SMILES string of the molecule is CCOC(=O)C(F)(F)[C@H](O)c1ccc(C)cc1. The van der Waals surface area contributed by atoms with E-state index in [0.717, 1.165) is 5.56 Å². The fourth-order valence-corrected chi connectivity index (χ4v) is 1.30. The van der Waals surface area contributed by atoms with Gasteiger partial charge in [-0.1, -0.05) is 29.8 Å². The first-order valence-electron chi connectivity index (χ1n) is 5.19. The number of alkyl halides is 2. The van der Waals surface area contributed by atoms with E-state index in [4.69, 9.17) is 0 Å². The molecule has 0 radical (unpaired) electrons. The number of carbonyl (C=O) groups excluding carboxylic acids is 1. The summed E-state index contributed by atoms with van der Waals surface area (Å²) in [5.41, 5.74) is 0.856. The number of ether oxygens (including phenoxy) is 1. The van der Waals surface area contributed by atoms with Crippen molar-refractivity contribution in [3.8, 4) is 0 Å². The van der Waals surface area contributed by atoms with E-state index in [9.17, 15) is 18.7 Å². The van der Waals surface area contributed by atoms with E-state index >= 15 is 0 Å². The number of aryl methyl sites for hydroxylation is 1. The van der Waals surface area contributed by atoms with Gasteiger partial charge in [-0.05, 0) is 19.4 Å². The lowest BCUT2D eigenvalue weighted by molar-refractivity contribution is -0.189. The largest absolute Gasteiger partial charge is 0.461 e. The topological polar surface area (TPSA) is 46.5 Å². The van der Waals surface area contributed by atoms with Crippen molar-refractivity contribution in [1.82, 2.24) is 0 Å². The lowest BCUT2D eigenvalue weighted by atomic mass is 10.0. The normalized spacial score (nSPS) is 13.2. The molecule has 0 aliphatic rings. The highest BCUT2D eigenvalue weighted by atomic mass is 19.3.